The Morgan fingerprint density at radius 1 is 1.21 bits per heavy atom. The Morgan fingerprint density at radius 2 is 1.88 bits per heavy atom. The lowest BCUT2D eigenvalue weighted by Crippen LogP contribution is -2.50. The predicted molar refractivity (Wildman–Crippen MR) is 128 cm³/mol. The molecular formula is C26H37N3O5. The van der Waals surface area contributed by atoms with E-state index in [9.17, 15) is 19.2 Å². The molecule has 34 heavy (non-hydrogen) atoms. The molecule has 0 aliphatic carbocycles. The summed E-state index contributed by atoms with van der Waals surface area (Å²) in [5, 5.41) is 2.93. The number of nitrogens with one attached hydrogen (secondary N) is 1. The number of ketones is 2. The van der Waals surface area contributed by atoms with Crippen molar-refractivity contribution in [3.8, 4) is 0 Å². The van der Waals surface area contributed by atoms with Gasteiger partial charge >= 0.3 is 0 Å². The molecule has 0 bridgehead atoms. The van der Waals surface area contributed by atoms with Crippen LogP contribution in [-0.4, -0.2) is 65.7 Å². The molecule has 2 saturated heterocycles. The van der Waals surface area contributed by atoms with Gasteiger partial charge in [0.2, 0.25) is 11.8 Å². The first-order valence-electron chi connectivity index (χ1n) is 12.2. The molecule has 8 nitrogen and oxygen atoms in total. The molecule has 2 aliphatic heterocycles. The monoisotopic (exact) mass is 471 g/mol. The van der Waals surface area contributed by atoms with Crippen LogP contribution < -0.4 is 11.1 Å². The average Bonchev–Trinajstić information content (AvgIpc) is 3.37. The van der Waals surface area contributed by atoms with Gasteiger partial charge in [-0.05, 0) is 44.1 Å². The van der Waals surface area contributed by atoms with E-state index < -0.39 is 23.6 Å². The molecule has 1 aromatic carbocycles. The molecule has 2 fully saturated rings. The van der Waals surface area contributed by atoms with Crippen LogP contribution in [0.2, 0.25) is 0 Å². The molecule has 3 N–H and O–H groups in total. The minimum Gasteiger partial charge on any atom is -0.361 e. The molecule has 8 heteroatoms. The third-order valence-corrected chi connectivity index (χ3v) is 6.70. The highest BCUT2D eigenvalue weighted by atomic mass is 16.6. The summed E-state index contributed by atoms with van der Waals surface area (Å²) in [6.45, 7) is 6.45. The van der Waals surface area contributed by atoms with Gasteiger partial charge in [-0.2, -0.15) is 0 Å². The lowest BCUT2D eigenvalue weighted by atomic mass is 9.89. The third kappa shape index (κ3) is 6.51. The van der Waals surface area contributed by atoms with Gasteiger partial charge in [0.25, 0.3) is 0 Å². The van der Waals surface area contributed by atoms with Crippen molar-refractivity contribution >= 4 is 23.4 Å². The number of rotatable bonds is 12. The minimum atomic E-state index is -0.843. The summed E-state index contributed by atoms with van der Waals surface area (Å²) in [6.07, 6.45) is 2.18. The van der Waals surface area contributed by atoms with Crippen LogP contribution in [0.3, 0.4) is 0 Å². The van der Waals surface area contributed by atoms with E-state index in [1.807, 2.05) is 44.2 Å². The molecule has 0 aromatic heterocycles. The summed E-state index contributed by atoms with van der Waals surface area (Å²) in [4.78, 5) is 53.4. The smallest absolute Gasteiger partial charge is 0.236 e. The van der Waals surface area contributed by atoms with Crippen LogP contribution in [0.1, 0.15) is 52.0 Å². The zero-order chi connectivity index (χ0) is 24.9. The number of benzene rings is 1. The maximum absolute atomic E-state index is 13.5. The van der Waals surface area contributed by atoms with Gasteiger partial charge in [-0.25, -0.2) is 0 Å². The second-order valence-electron chi connectivity index (χ2n) is 10.1. The first kappa shape index (κ1) is 26.0. The van der Waals surface area contributed by atoms with Crippen molar-refractivity contribution in [1.82, 2.24) is 10.2 Å². The highest BCUT2D eigenvalue weighted by Gasteiger charge is 2.50. The maximum atomic E-state index is 13.5. The molecule has 2 aliphatic rings. The standard InChI is InChI=1S/C26H37N3O5/c1-17(2)12-20(24(32)26(3)16-34-26)28-25(33)19(13-18-8-5-4-6-9-18)14-22(30)21-10-7-11-29(21)23(31)15-27/h4-6,8-9,17,19-21H,7,10-16,27H2,1-3H3,(H,28,33)/t19-,20+,21+,26-/m1/s1. The third-order valence-electron chi connectivity index (χ3n) is 6.70. The number of nitrogens with zero attached hydrogens (tertiary/aromatic N) is 1. The van der Waals surface area contributed by atoms with Crippen molar-refractivity contribution in [3.05, 3.63) is 35.9 Å². The van der Waals surface area contributed by atoms with E-state index in [2.05, 4.69) is 5.32 Å². The SMILES string of the molecule is CC(C)C[C@H](NC(=O)[C@@H](CC(=O)[C@@H]1CCCN1C(=O)CN)Cc1ccccc1)C(=O)[C@@]1(C)CO1. The molecule has 0 radical (unpaired) electrons. The highest BCUT2D eigenvalue weighted by molar-refractivity contribution is 5.98. The van der Waals surface area contributed by atoms with Crippen molar-refractivity contribution < 1.29 is 23.9 Å². The largest absolute Gasteiger partial charge is 0.361 e. The molecular weight excluding hydrogens is 434 g/mol. The van der Waals surface area contributed by atoms with Crippen molar-refractivity contribution in [2.45, 2.75) is 70.6 Å². The summed E-state index contributed by atoms with van der Waals surface area (Å²) in [5.41, 5.74) is 5.61. The van der Waals surface area contributed by atoms with Gasteiger partial charge in [0.15, 0.2) is 11.6 Å². The average molecular weight is 472 g/mol. The van der Waals surface area contributed by atoms with Gasteiger partial charge in [-0.1, -0.05) is 44.2 Å². The molecule has 0 unspecified atom stereocenters. The Morgan fingerprint density at radius 3 is 2.47 bits per heavy atom. The number of nitrogens with two attached hydrogens (primary N) is 1. The molecule has 1 aromatic rings. The normalized spacial score (nSPS) is 23.4. The maximum Gasteiger partial charge on any atom is 0.236 e. The van der Waals surface area contributed by atoms with Crippen molar-refractivity contribution in [2.24, 2.45) is 17.6 Å². The van der Waals surface area contributed by atoms with E-state index >= 15 is 0 Å². The minimum absolute atomic E-state index is 0.00387. The van der Waals surface area contributed by atoms with E-state index in [0.717, 1.165) is 12.0 Å². The van der Waals surface area contributed by atoms with E-state index in [1.54, 1.807) is 6.92 Å². The number of epoxide rings is 1. The molecule has 186 valence electrons. The van der Waals surface area contributed by atoms with Gasteiger partial charge in [0, 0.05) is 18.9 Å². The molecule has 4 atom stereocenters. The fourth-order valence-corrected chi connectivity index (χ4v) is 4.66. The first-order valence-corrected chi connectivity index (χ1v) is 12.2. The lowest BCUT2D eigenvalue weighted by molar-refractivity contribution is -0.138. The van der Waals surface area contributed by atoms with Crippen LogP contribution in [0.15, 0.2) is 30.3 Å². The molecule has 0 spiro atoms. The number of ether oxygens (including phenoxy) is 1. The number of hydrogen-bond donors (Lipinski definition) is 2. The van der Waals surface area contributed by atoms with E-state index in [4.69, 9.17) is 10.5 Å². The van der Waals surface area contributed by atoms with Crippen LogP contribution in [0.5, 0.6) is 0 Å². The van der Waals surface area contributed by atoms with Crippen molar-refractivity contribution in [1.29, 1.82) is 0 Å². The molecule has 0 saturated carbocycles. The van der Waals surface area contributed by atoms with Gasteiger partial charge in [0.1, 0.15) is 5.60 Å². The number of Topliss-reactive ketones (excluding diaryl/α,β-unsaturated/α-hetero) is 2. The Bertz CT molecular complexity index is 897. The Hall–Kier alpha value is -2.58. The van der Waals surface area contributed by atoms with Crippen LogP contribution in [0, 0.1) is 11.8 Å². The fraction of sp³-hybridized carbons (Fsp3) is 0.615. The van der Waals surface area contributed by atoms with E-state index in [0.29, 0.717) is 32.4 Å². The summed E-state index contributed by atoms with van der Waals surface area (Å²) < 4.78 is 5.33. The summed E-state index contributed by atoms with van der Waals surface area (Å²) in [6, 6.07) is 8.29. The van der Waals surface area contributed by atoms with Gasteiger partial charge in [-0.3, -0.25) is 19.2 Å². The number of carbonyl (C=O) groups excluding carboxylic acids is 4. The van der Waals surface area contributed by atoms with Crippen LogP contribution in [-0.2, 0) is 30.3 Å². The molecule has 2 amide bonds. The summed E-state index contributed by atoms with van der Waals surface area (Å²) in [5.74, 6) is -1.30. The highest BCUT2D eigenvalue weighted by Crippen LogP contribution is 2.30. The fourth-order valence-electron chi connectivity index (χ4n) is 4.66. The Labute approximate surface area is 201 Å². The van der Waals surface area contributed by atoms with Crippen molar-refractivity contribution in [3.63, 3.8) is 0 Å². The number of likely N-dealkylation sites (tertiary alicyclic amines) is 1. The number of hydrogen-bond acceptors (Lipinski definition) is 6. The van der Waals surface area contributed by atoms with Crippen LogP contribution in [0.25, 0.3) is 0 Å². The zero-order valence-corrected chi connectivity index (χ0v) is 20.4. The topological polar surface area (TPSA) is 122 Å². The van der Waals surface area contributed by atoms with Crippen LogP contribution >= 0.6 is 0 Å². The second kappa shape index (κ2) is 11.2. The van der Waals surface area contributed by atoms with Gasteiger partial charge in [0.05, 0.1) is 25.2 Å². The first-order chi connectivity index (χ1) is 16.1. The van der Waals surface area contributed by atoms with E-state index in [-0.39, 0.29) is 42.3 Å². The quantitative estimate of drug-likeness (QED) is 0.447. The van der Waals surface area contributed by atoms with Crippen LogP contribution in [0.4, 0.5) is 0 Å². The second-order valence-corrected chi connectivity index (χ2v) is 10.1. The summed E-state index contributed by atoms with van der Waals surface area (Å²) >= 11 is 0. The Kier molecular flexibility index (Phi) is 8.60. The Balaban J connectivity index is 1.77. The molecule has 3 rings (SSSR count). The lowest BCUT2D eigenvalue weighted by Gasteiger charge is -2.27. The predicted octanol–water partition coefficient (Wildman–Crippen LogP) is 1.64. The van der Waals surface area contributed by atoms with Gasteiger partial charge < -0.3 is 20.7 Å². The zero-order valence-electron chi connectivity index (χ0n) is 20.4. The number of carbonyl (C=O) groups is 4. The van der Waals surface area contributed by atoms with E-state index in [1.165, 1.54) is 4.90 Å². The number of amides is 2. The summed E-state index contributed by atoms with van der Waals surface area (Å²) in [7, 11) is 0. The molecule has 2 heterocycles. The van der Waals surface area contributed by atoms with Gasteiger partial charge in [-0.15, -0.1) is 0 Å². The van der Waals surface area contributed by atoms with Crippen molar-refractivity contribution in [2.75, 3.05) is 19.7 Å².